The van der Waals surface area contributed by atoms with E-state index < -0.39 is 12.0 Å². The first-order valence-corrected chi connectivity index (χ1v) is 8.34. The fourth-order valence-corrected chi connectivity index (χ4v) is 3.04. The average molecular weight is 354 g/mol. The molecule has 134 valence electrons. The van der Waals surface area contributed by atoms with Gasteiger partial charge in [-0.15, -0.1) is 0 Å². The number of H-pyrrole nitrogens is 1. The zero-order chi connectivity index (χ0) is 18.1. The maximum atomic E-state index is 12.3. The summed E-state index contributed by atoms with van der Waals surface area (Å²) in [7, 11) is 0. The van der Waals surface area contributed by atoms with Crippen LogP contribution in [0.15, 0.2) is 41.3 Å². The van der Waals surface area contributed by atoms with Crippen molar-refractivity contribution in [2.45, 2.75) is 25.0 Å². The van der Waals surface area contributed by atoms with Gasteiger partial charge in [0.05, 0.1) is 18.0 Å². The molecule has 1 aliphatic rings. The Morgan fingerprint density at radius 3 is 2.88 bits per heavy atom. The van der Waals surface area contributed by atoms with Crippen LogP contribution in [0.2, 0.25) is 0 Å². The minimum atomic E-state index is -0.546. The maximum Gasteiger partial charge on any atom is 0.263 e. The number of amides is 1. The molecule has 2 unspecified atom stereocenters. The summed E-state index contributed by atoms with van der Waals surface area (Å²) in [6.07, 6.45) is 2.11. The lowest BCUT2D eigenvalue weighted by atomic mass is 10.2. The molecule has 3 heterocycles. The Labute approximate surface area is 148 Å². The first-order chi connectivity index (χ1) is 12.6. The van der Waals surface area contributed by atoms with Crippen molar-refractivity contribution in [1.29, 1.82) is 0 Å². The monoisotopic (exact) mass is 354 g/mol. The van der Waals surface area contributed by atoms with Crippen LogP contribution < -0.4 is 16.6 Å². The molecule has 2 aromatic heterocycles. The van der Waals surface area contributed by atoms with Crippen molar-refractivity contribution in [3.05, 3.63) is 46.9 Å². The lowest BCUT2D eigenvalue weighted by molar-refractivity contribution is -0.128. The van der Waals surface area contributed by atoms with E-state index in [1.807, 2.05) is 30.3 Å². The second-order valence-electron chi connectivity index (χ2n) is 6.15. The number of nitrogens with zero attached hydrogens (tertiary/aromatic N) is 3. The minimum Gasteiger partial charge on any atom is -0.367 e. The van der Waals surface area contributed by atoms with Gasteiger partial charge in [0.15, 0.2) is 5.65 Å². The van der Waals surface area contributed by atoms with E-state index in [2.05, 4.69) is 20.4 Å². The molecule has 4 N–H and O–H groups in total. The number of hydrogen-bond donors (Lipinski definition) is 3. The molecule has 0 aliphatic carbocycles. The van der Waals surface area contributed by atoms with Crippen LogP contribution in [0.3, 0.4) is 0 Å². The van der Waals surface area contributed by atoms with Gasteiger partial charge >= 0.3 is 0 Å². The maximum absolute atomic E-state index is 12.3. The van der Waals surface area contributed by atoms with Gasteiger partial charge in [0.25, 0.3) is 5.56 Å². The van der Waals surface area contributed by atoms with Gasteiger partial charge in [-0.1, -0.05) is 18.2 Å². The number of aromatic amines is 1. The number of anilines is 1. The Morgan fingerprint density at radius 1 is 1.35 bits per heavy atom. The molecule has 1 fully saturated rings. The summed E-state index contributed by atoms with van der Waals surface area (Å²) in [5, 5.41) is 7.74. The summed E-state index contributed by atoms with van der Waals surface area (Å²) < 4.78 is 7.18. The van der Waals surface area contributed by atoms with Crippen molar-refractivity contribution < 1.29 is 9.53 Å². The molecule has 26 heavy (non-hydrogen) atoms. The second-order valence-corrected chi connectivity index (χ2v) is 6.15. The molecular formula is C17H18N6O3. The summed E-state index contributed by atoms with van der Waals surface area (Å²) in [4.78, 5) is 30.6. The van der Waals surface area contributed by atoms with E-state index in [1.54, 1.807) is 4.68 Å². The van der Waals surface area contributed by atoms with Gasteiger partial charge in [-0.2, -0.15) is 10.1 Å². The number of aromatic nitrogens is 4. The Bertz CT molecular complexity index is 997. The number of para-hydroxylation sites is 1. The van der Waals surface area contributed by atoms with Gasteiger partial charge in [-0.3, -0.25) is 14.6 Å². The van der Waals surface area contributed by atoms with Crippen molar-refractivity contribution in [3.63, 3.8) is 0 Å². The third-order valence-electron chi connectivity index (χ3n) is 4.36. The van der Waals surface area contributed by atoms with Crippen LogP contribution in [0.1, 0.15) is 12.8 Å². The lowest BCUT2D eigenvalue weighted by Gasteiger charge is -2.13. The Balaban J connectivity index is 1.57. The second kappa shape index (κ2) is 6.60. The van der Waals surface area contributed by atoms with E-state index in [9.17, 15) is 9.59 Å². The zero-order valence-electron chi connectivity index (χ0n) is 13.9. The van der Waals surface area contributed by atoms with E-state index in [4.69, 9.17) is 10.5 Å². The first-order valence-electron chi connectivity index (χ1n) is 8.34. The number of carbonyl (C=O) groups is 1. The third-order valence-corrected chi connectivity index (χ3v) is 4.36. The highest BCUT2D eigenvalue weighted by molar-refractivity contribution is 5.79. The number of nitrogens with one attached hydrogen (secondary N) is 2. The summed E-state index contributed by atoms with van der Waals surface area (Å²) in [5.41, 5.74) is 6.26. The molecule has 3 aromatic rings. The van der Waals surface area contributed by atoms with Gasteiger partial charge in [0, 0.05) is 6.54 Å². The van der Waals surface area contributed by atoms with Gasteiger partial charge in [-0.25, -0.2) is 4.68 Å². The molecule has 1 aliphatic heterocycles. The molecule has 0 spiro atoms. The Kier molecular flexibility index (Phi) is 4.13. The Hall–Kier alpha value is -3.20. The highest BCUT2D eigenvalue weighted by Gasteiger charge is 2.29. The van der Waals surface area contributed by atoms with Crippen molar-refractivity contribution >= 4 is 22.9 Å². The summed E-state index contributed by atoms with van der Waals surface area (Å²) in [6, 6.07) is 9.46. The van der Waals surface area contributed by atoms with Crippen LogP contribution in [0.4, 0.5) is 5.95 Å². The van der Waals surface area contributed by atoms with Crippen LogP contribution in [0.25, 0.3) is 16.7 Å². The van der Waals surface area contributed by atoms with E-state index >= 15 is 0 Å². The molecule has 0 radical (unpaired) electrons. The highest BCUT2D eigenvalue weighted by atomic mass is 16.5. The molecule has 0 bridgehead atoms. The number of benzene rings is 1. The van der Waals surface area contributed by atoms with E-state index in [-0.39, 0.29) is 11.7 Å². The fourth-order valence-electron chi connectivity index (χ4n) is 3.04. The predicted octanol–water partition coefficient (Wildman–Crippen LogP) is 0.554. The summed E-state index contributed by atoms with van der Waals surface area (Å²) in [5.74, 6) is -0.126. The first kappa shape index (κ1) is 16.3. The van der Waals surface area contributed by atoms with Crippen molar-refractivity contribution in [2.24, 2.45) is 5.73 Å². The molecule has 1 saturated heterocycles. The number of carbonyl (C=O) groups excluding carboxylic acids is 1. The van der Waals surface area contributed by atoms with Gasteiger partial charge in [0.2, 0.25) is 11.9 Å². The number of nitrogens with two attached hydrogens (primary N) is 1. The van der Waals surface area contributed by atoms with Gasteiger partial charge < -0.3 is 15.8 Å². The molecular weight excluding hydrogens is 336 g/mol. The number of rotatable bonds is 5. The van der Waals surface area contributed by atoms with Gasteiger partial charge in [-0.05, 0) is 25.0 Å². The lowest BCUT2D eigenvalue weighted by Crippen LogP contribution is -2.30. The third kappa shape index (κ3) is 3.04. The average Bonchev–Trinajstić information content (AvgIpc) is 3.28. The summed E-state index contributed by atoms with van der Waals surface area (Å²) in [6.45, 7) is 0.414. The molecule has 4 rings (SSSR count). The molecule has 2 atom stereocenters. The number of ether oxygens (including phenoxy) is 1. The standard InChI is InChI=1S/C17H18N6O3/c18-14(24)13-7-6-11(26-13)8-19-17-21-15-12(16(25)22-17)9-20-23(15)10-4-2-1-3-5-10/h1-5,9,11,13H,6-8H2,(H2,18,24)(H2,19,21,22,25). The van der Waals surface area contributed by atoms with E-state index in [0.29, 0.717) is 29.9 Å². The number of fused-ring (bicyclic) bond motifs is 1. The van der Waals surface area contributed by atoms with Crippen molar-refractivity contribution in [3.8, 4) is 5.69 Å². The van der Waals surface area contributed by atoms with Crippen LogP contribution in [0.5, 0.6) is 0 Å². The number of hydrogen-bond acceptors (Lipinski definition) is 6. The number of primary amides is 1. The Morgan fingerprint density at radius 2 is 2.15 bits per heavy atom. The molecule has 1 amide bonds. The van der Waals surface area contributed by atoms with Crippen LogP contribution in [-0.4, -0.2) is 44.4 Å². The van der Waals surface area contributed by atoms with Gasteiger partial charge in [0.1, 0.15) is 11.5 Å². The predicted molar refractivity (Wildman–Crippen MR) is 95.1 cm³/mol. The SMILES string of the molecule is NC(=O)C1CCC(CNc2nc3c(cnn3-c3ccccc3)c(=O)[nH]2)O1. The van der Waals surface area contributed by atoms with E-state index in [1.165, 1.54) is 6.20 Å². The smallest absolute Gasteiger partial charge is 0.263 e. The normalized spacial score (nSPS) is 19.7. The highest BCUT2D eigenvalue weighted by Crippen LogP contribution is 2.20. The van der Waals surface area contributed by atoms with E-state index in [0.717, 1.165) is 12.1 Å². The van der Waals surface area contributed by atoms with Crippen molar-refractivity contribution in [2.75, 3.05) is 11.9 Å². The van der Waals surface area contributed by atoms with Crippen LogP contribution in [-0.2, 0) is 9.53 Å². The fraction of sp³-hybridized carbons (Fsp3) is 0.294. The van der Waals surface area contributed by atoms with Crippen LogP contribution in [0, 0.1) is 0 Å². The topological polar surface area (TPSA) is 128 Å². The molecule has 0 saturated carbocycles. The largest absolute Gasteiger partial charge is 0.367 e. The molecule has 9 heteroatoms. The van der Waals surface area contributed by atoms with Crippen molar-refractivity contribution in [1.82, 2.24) is 19.7 Å². The molecule has 9 nitrogen and oxygen atoms in total. The summed E-state index contributed by atoms with van der Waals surface area (Å²) >= 11 is 0. The minimum absolute atomic E-state index is 0.160. The van der Waals surface area contributed by atoms with Crippen LogP contribution >= 0.6 is 0 Å². The quantitative estimate of drug-likeness (QED) is 0.614. The zero-order valence-corrected chi connectivity index (χ0v) is 13.9. The molecule has 1 aromatic carbocycles.